The Bertz CT molecular complexity index is 682. The van der Waals surface area contributed by atoms with Gasteiger partial charge in [-0.1, -0.05) is 32.3 Å². The first-order valence-electron chi connectivity index (χ1n) is 9.34. The molecular formula is C20H28N2O4. The Balaban J connectivity index is 1.65. The Kier molecular flexibility index (Phi) is 5.39. The van der Waals surface area contributed by atoms with Gasteiger partial charge in [0, 0.05) is 6.54 Å². The van der Waals surface area contributed by atoms with Gasteiger partial charge in [-0.25, -0.2) is 4.79 Å². The SMILES string of the molecule is COc1ccc(C[C@@H](C)CN2C(=O)NC3(CCCCC3)C2=O)cc1OC. The van der Waals surface area contributed by atoms with E-state index in [2.05, 4.69) is 12.2 Å². The molecule has 26 heavy (non-hydrogen) atoms. The van der Waals surface area contributed by atoms with Gasteiger partial charge in [-0.2, -0.15) is 0 Å². The fourth-order valence-electron chi connectivity index (χ4n) is 4.12. The molecule has 1 N–H and O–H groups in total. The van der Waals surface area contributed by atoms with Crippen LogP contribution in [0.5, 0.6) is 11.5 Å². The standard InChI is InChI=1S/C20H28N2O4/c1-14(11-15-7-8-16(25-2)17(12-15)26-3)13-22-18(23)20(21-19(22)24)9-5-4-6-10-20/h7-8,12,14H,4-6,9-11,13H2,1-3H3,(H,21,24)/t14-/m1/s1. The van der Waals surface area contributed by atoms with Gasteiger partial charge in [0.2, 0.25) is 0 Å². The maximum Gasteiger partial charge on any atom is 0.325 e. The number of nitrogens with zero attached hydrogens (tertiary/aromatic N) is 1. The van der Waals surface area contributed by atoms with Gasteiger partial charge < -0.3 is 14.8 Å². The van der Waals surface area contributed by atoms with E-state index in [9.17, 15) is 9.59 Å². The molecule has 1 spiro atoms. The normalized spacial score (nSPS) is 20.2. The van der Waals surface area contributed by atoms with Crippen molar-refractivity contribution in [1.29, 1.82) is 0 Å². The van der Waals surface area contributed by atoms with Gasteiger partial charge in [-0.15, -0.1) is 0 Å². The van der Waals surface area contributed by atoms with Crippen LogP contribution >= 0.6 is 0 Å². The van der Waals surface area contributed by atoms with Crippen molar-refractivity contribution < 1.29 is 19.1 Å². The van der Waals surface area contributed by atoms with Gasteiger partial charge in [0.25, 0.3) is 5.91 Å². The Labute approximate surface area is 154 Å². The second-order valence-electron chi connectivity index (χ2n) is 7.49. The molecule has 0 unspecified atom stereocenters. The number of urea groups is 1. The Morgan fingerprint density at radius 1 is 1.12 bits per heavy atom. The number of carbonyl (C=O) groups is 2. The monoisotopic (exact) mass is 360 g/mol. The van der Waals surface area contributed by atoms with Crippen LogP contribution in [0.1, 0.15) is 44.6 Å². The minimum atomic E-state index is -0.640. The van der Waals surface area contributed by atoms with Crippen LogP contribution in [0, 0.1) is 5.92 Å². The lowest BCUT2D eigenvalue weighted by Crippen LogP contribution is -2.48. The van der Waals surface area contributed by atoms with E-state index in [0.717, 1.165) is 44.1 Å². The topological polar surface area (TPSA) is 67.9 Å². The molecule has 1 aromatic carbocycles. The van der Waals surface area contributed by atoms with Crippen molar-refractivity contribution in [2.45, 2.75) is 51.0 Å². The van der Waals surface area contributed by atoms with E-state index in [1.165, 1.54) is 4.90 Å². The molecule has 0 aromatic heterocycles. The van der Waals surface area contributed by atoms with E-state index in [0.29, 0.717) is 18.0 Å². The summed E-state index contributed by atoms with van der Waals surface area (Å²) in [5, 5.41) is 2.97. The predicted octanol–water partition coefficient (Wildman–Crippen LogP) is 3.14. The lowest BCUT2D eigenvalue weighted by molar-refractivity contribution is -0.132. The summed E-state index contributed by atoms with van der Waals surface area (Å²) in [4.78, 5) is 26.7. The highest BCUT2D eigenvalue weighted by Gasteiger charge is 2.51. The number of rotatable bonds is 6. The summed E-state index contributed by atoms with van der Waals surface area (Å²) in [6.07, 6.45) is 5.42. The van der Waals surface area contributed by atoms with Crippen molar-refractivity contribution in [3.05, 3.63) is 23.8 Å². The van der Waals surface area contributed by atoms with E-state index < -0.39 is 5.54 Å². The first kappa shape index (κ1) is 18.5. The third-order valence-corrected chi connectivity index (χ3v) is 5.48. The first-order chi connectivity index (χ1) is 12.5. The van der Waals surface area contributed by atoms with E-state index in [1.54, 1.807) is 14.2 Å². The molecule has 2 aliphatic rings. The molecule has 2 fully saturated rings. The molecule has 0 bridgehead atoms. The summed E-state index contributed by atoms with van der Waals surface area (Å²) in [6.45, 7) is 2.49. The summed E-state index contributed by atoms with van der Waals surface area (Å²) in [5.74, 6) is 1.49. The quantitative estimate of drug-likeness (QED) is 0.792. The molecule has 1 saturated heterocycles. The molecule has 3 rings (SSSR count). The summed E-state index contributed by atoms with van der Waals surface area (Å²) < 4.78 is 10.6. The molecule has 142 valence electrons. The van der Waals surface area contributed by atoms with Crippen LogP contribution in [-0.4, -0.2) is 43.1 Å². The summed E-state index contributed by atoms with van der Waals surface area (Å²) in [6, 6.07) is 5.58. The maximum absolute atomic E-state index is 12.9. The fraction of sp³-hybridized carbons (Fsp3) is 0.600. The number of ether oxygens (including phenoxy) is 2. The van der Waals surface area contributed by atoms with Gasteiger partial charge in [-0.05, 0) is 42.9 Å². The molecule has 3 amide bonds. The number of imide groups is 1. The molecule has 1 aromatic rings. The molecule has 6 nitrogen and oxygen atoms in total. The number of benzene rings is 1. The largest absolute Gasteiger partial charge is 0.493 e. The summed E-state index contributed by atoms with van der Waals surface area (Å²) in [7, 11) is 3.22. The van der Waals surface area contributed by atoms with Crippen molar-refractivity contribution in [3.8, 4) is 11.5 Å². The van der Waals surface area contributed by atoms with Gasteiger partial charge in [0.05, 0.1) is 14.2 Å². The highest BCUT2D eigenvalue weighted by Crippen LogP contribution is 2.34. The van der Waals surface area contributed by atoms with Gasteiger partial charge in [0.1, 0.15) is 5.54 Å². The average Bonchev–Trinajstić information content (AvgIpc) is 2.86. The van der Waals surface area contributed by atoms with Crippen LogP contribution in [0.3, 0.4) is 0 Å². The number of carbonyl (C=O) groups excluding carboxylic acids is 2. The van der Waals surface area contributed by atoms with Crippen molar-refractivity contribution in [1.82, 2.24) is 10.2 Å². The molecular weight excluding hydrogens is 332 g/mol. The lowest BCUT2D eigenvalue weighted by Gasteiger charge is -2.30. The molecule has 1 saturated carbocycles. The zero-order chi connectivity index (χ0) is 18.7. The lowest BCUT2D eigenvalue weighted by atomic mass is 9.81. The van der Waals surface area contributed by atoms with E-state index in [4.69, 9.17) is 9.47 Å². The fourth-order valence-corrected chi connectivity index (χ4v) is 4.12. The number of nitrogens with one attached hydrogen (secondary N) is 1. The molecule has 6 heteroatoms. The van der Waals surface area contributed by atoms with Crippen LogP contribution < -0.4 is 14.8 Å². The molecule has 1 heterocycles. The molecule has 1 aliphatic heterocycles. The van der Waals surface area contributed by atoms with Crippen LogP contribution in [0.2, 0.25) is 0 Å². The Morgan fingerprint density at radius 2 is 1.81 bits per heavy atom. The third kappa shape index (κ3) is 3.50. The van der Waals surface area contributed by atoms with Crippen LogP contribution in [0.15, 0.2) is 18.2 Å². The van der Waals surface area contributed by atoms with E-state index >= 15 is 0 Å². The highest BCUT2D eigenvalue weighted by molar-refractivity contribution is 6.07. The number of methoxy groups -OCH3 is 2. The van der Waals surface area contributed by atoms with Crippen molar-refractivity contribution in [3.63, 3.8) is 0 Å². The van der Waals surface area contributed by atoms with Crippen LogP contribution in [0.25, 0.3) is 0 Å². The van der Waals surface area contributed by atoms with Crippen molar-refractivity contribution >= 4 is 11.9 Å². The zero-order valence-corrected chi connectivity index (χ0v) is 15.8. The predicted molar refractivity (Wildman–Crippen MR) is 98.5 cm³/mol. The smallest absolute Gasteiger partial charge is 0.325 e. The zero-order valence-electron chi connectivity index (χ0n) is 15.8. The van der Waals surface area contributed by atoms with Crippen molar-refractivity contribution in [2.24, 2.45) is 5.92 Å². The second-order valence-corrected chi connectivity index (χ2v) is 7.49. The number of hydrogen-bond donors (Lipinski definition) is 1. The number of hydrogen-bond acceptors (Lipinski definition) is 4. The molecule has 0 radical (unpaired) electrons. The Hall–Kier alpha value is -2.24. The third-order valence-electron chi connectivity index (χ3n) is 5.48. The highest BCUT2D eigenvalue weighted by atomic mass is 16.5. The van der Waals surface area contributed by atoms with Crippen LogP contribution in [0.4, 0.5) is 4.79 Å². The molecule has 1 atom stereocenters. The van der Waals surface area contributed by atoms with E-state index in [1.807, 2.05) is 18.2 Å². The average molecular weight is 360 g/mol. The minimum absolute atomic E-state index is 0.0404. The summed E-state index contributed by atoms with van der Waals surface area (Å²) in [5.41, 5.74) is 0.452. The number of amides is 3. The summed E-state index contributed by atoms with van der Waals surface area (Å²) >= 11 is 0. The van der Waals surface area contributed by atoms with Gasteiger partial charge >= 0.3 is 6.03 Å². The van der Waals surface area contributed by atoms with Crippen molar-refractivity contribution in [2.75, 3.05) is 20.8 Å². The maximum atomic E-state index is 12.9. The molecule has 1 aliphatic carbocycles. The van der Waals surface area contributed by atoms with E-state index in [-0.39, 0.29) is 17.9 Å². The van der Waals surface area contributed by atoms with Gasteiger partial charge in [-0.3, -0.25) is 9.69 Å². The Morgan fingerprint density at radius 3 is 2.46 bits per heavy atom. The second kappa shape index (κ2) is 7.56. The first-order valence-corrected chi connectivity index (χ1v) is 9.34. The van der Waals surface area contributed by atoms with Crippen LogP contribution in [-0.2, 0) is 11.2 Å². The van der Waals surface area contributed by atoms with Gasteiger partial charge in [0.15, 0.2) is 11.5 Å². The minimum Gasteiger partial charge on any atom is -0.493 e.